The number of anilines is 3. The van der Waals surface area contributed by atoms with Crippen LogP contribution in [0.1, 0.15) is 44.5 Å². The molecule has 11 aromatic carbocycles. The van der Waals surface area contributed by atoms with Crippen molar-refractivity contribution in [2.24, 2.45) is 0 Å². The van der Waals surface area contributed by atoms with Crippen LogP contribution in [0.5, 0.6) is 23.0 Å². The lowest BCUT2D eigenvalue weighted by Gasteiger charge is -2.40. The van der Waals surface area contributed by atoms with Crippen LogP contribution in [-0.4, -0.2) is 0 Å². The summed E-state index contributed by atoms with van der Waals surface area (Å²) in [6.45, 7) is 0. The van der Waals surface area contributed by atoms with Gasteiger partial charge >= 0.3 is 0 Å². The summed E-state index contributed by atoms with van der Waals surface area (Å²) < 4.78 is 13.6. The number of fused-ring (bicyclic) bond motifs is 19. The molecule has 15 rings (SSSR count). The molecule has 0 radical (unpaired) electrons. The van der Waals surface area contributed by atoms with Gasteiger partial charge in [0.25, 0.3) is 0 Å². The molecule has 11 aromatic rings. The third-order valence-electron chi connectivity index (χ3n) is 15.4. The number of rotatable bonds is 4. The first-order valence-corrected chi connectivity index (χ1v) is 23.8. The molecule has 0 bridgehead atoms. The molecule has 3 heteroatoms. The van der Waals surface area contributed by atoms with Crippen molar-refractivity contribution in [2.45, 2.75) is 10.8 Å². The monoisotopic (exact) mass is 879 g/mol. The van der Waals surface area contributed by atoms with Crippen LogP contribution in [0.4, 0.5) is 17.1 Å². The Bertz CT molecular complexity index is 3660. The smallest absolute Gasteiger partial charge is 0.132 e. The van der Waals surface area contributed by atoms with E-state index in [1.165, 1.54) is 66.4 Å². The van der Waals surface area contributed by atoms with Crippen molar-refractivity contribution >= 4 is 27.8 Å². The Morgan fingerprint density at radius 1 is 0.246 bits per heavy atom. The number of hydrogen-bond donors (Lipinski definition) is 0. The maximum Gasteiger partial charge on any atom is 0.132 e. The van der Waals surface area contributed by atoms with E-state index in [4.69, 9.17) is 9.47 Å². The molecule has 0 amide bonds. The van der Waals surface area contributed by atoms with Gasteiger partial charge in [-0.25, -0.2) is 0 Å². The average molecular weight is 880 g/mol. The van der Waals surface area contributed by atoms with Crippen molar-refractivity contribution < 1.29 is 9.47 Å². The summed E-state index contributed by atoms with van der Waals surface area (Å²) in [5.41, 5.74) is 18.8. The Hall–Kier alpha value is -8.92. The first-order chi connectivity index (χ1) is 34.3. The standard InChI is InChI=1S/C66H41NO2/c1-2-20-42(21-3-1)43-40-41-56(45-23-5-4-22-44(43)45)67(57-34-18-32-54-63(57)46-24-6-8-26-48(46)65(54)50-28-10-14-36-59(50)68-60-37-15-11-29-51(60)65)58-35-19-33-55-64(58)47-25-7-9-27-49(47)66(55)52-30-12-16-38-61(52)69-62-39-17-13-31-53(62)66/h1-41H. The lowest BCUT2D eigenvalue weighted by molar-refractivity contribution is 0.436. The van der Waals surface area contributed by atoms with Crippen LogP contribution >= 0.6 is 0 Å². The third-order valence-corrected chi connectivity index (χ3v) is 15.4. The van der Waals surface area contributed by atoms with Gasteiger partial charge in [0.05, 0.1) is 27.9 Å². The SMILES string of the molecule is c1ccc(-c2ccc(N(c3cccc4c3-c3ccccc3C43c4ccccc4Oc4ccccc43)c3cccc4c3-c3ccccc3C43c4ccccc4Oc4ccccc43)c3ccccc23)cc1. The molecule has 0 N–H and O–H groups in total. The van der Waals surface area contributed by atoms with E-state index < -0.39 is 10.8 Å². The Balaban J connectivity index is 1.09. The summed E-state index contributed by atoms with van der Waals surface area (Å²) in [6.07, 6.45) is 0. The zero-order valence-electron chi connectivity index (χ0n) is 37.4. The molecule has 0 unspecified atom stereocenters. The summed E-state index contributed by atoms with van der Waals surface area (Å²) in [5.74, 6) is 3.51. The van der Waals surface area contributed by atoms with E-state index in [0.717, 1.165) is 62.3 Å². The highest BCUT2D eigenvalue weighted by Gasteiger charge is 2.54. The molecule has 0 aromatic heterocycles. The molecule has 2 spiro atoms. The second-order valence-corrected chi connectivity index (χ2v) is 18.6. The van der Waals surface area contributed by atoms with Crippen molar-refractivity contribution in [1.29, 1.82) is 0 Å². The molecule has 0 fully saturated rings. The quantitative estimate of drug-likeness (QED) is 0.176. The van der Waals surface area contributed by atoms with Crippen molar-refractivity contribution in [3.63, 3.8) is 0 Å². The van der Waals surface area contributed by atoms with Crippen molar-refractivity contribution in [3.8, 4) is 56.4 Å². The zero-order valence-corrected chi connectivity index (χ0v) is 37.4. The second-order valence-electron chi connectivity index (χ2n) is 18.6. The lowest BCUT2D eigenvalue weighted by atomic mass is 9.66. The molecule has 4 aliphatic rings. The molecule has 322 valence electrons. The Morgan fingerprint density at radius 2 is 0.623 bits per heavy atom. The molecule has 2 aliphatic carbocycles. The van der Waals surface area contributed by atoms with Crippen LogP contribution in [-0.2, 0) is 10.8 Å². The van der Waals surface area contributed by atoms with Crippen LogP contribution in [0.3, 0.4) is 0 Å². The third kappa shape index (κ3) is 4.96. The van der Waals surface area contributed by atoms with Crippen molar-refractivity contribution in [2.75, 3.05) is 4.90 Å². The summed E-state index contributed by atoms with van der Waals surface area (Å²) in [6, 6.07) is 91.0. The minimum Gasteiger partial charge on any atom is -0.457 e. The van der Waals surface area contributed by atoms with E-state index in [0.29, 0.717) is 0 Å². The maximum atomic E-state index is 6.78. The normalized spacial score (nSPS) is 14.3. The minimum atomic E-state index is -0.636. The molecule has 0 saturated heterocycles. The second kappa shape index (κ2) is 14.3. The minimum absolute atomic E-state index is 0.636. The van der Waals surface area contributed by atoms with Crippen LogP contribution in [0.25, 0.3) is 44.2 Å². The molecule has 69 heavy (non-hydrogen) atoms. The van der Waals surface area contributed by atoms with Crippen LogP contribution in [0.2, 0.25) is 0 Å². The van der Waals surface area contributed by atoms with Crippen molar-refractivity contribution in [3.05, 3.63) is 293 Å². The number of ether oxygens (including phenoxy) is 2. The van der Waals surface area contributed by atoms with Gasteiger partial charge in [-0.15, -0.1) is 0 Å². The number of nitrogens with zero attached hydrogens (tertiary/aromatic N) is 1. The van der Waals surface area contributed by atoms with E-state index in [-0.39, 0.29) is 0 Å². The van der Waals surface area contributed by atoms with Crippen molar-refractivity contribution in [1.82, 2.24) is 0 Å². The van der Waals surface area contributed by atoms with Gasteiger partial charge in [-0.2, -0.15) is 0 Å². The van der Waals surface area contributed by atoms with E-state index in [1.807, 2.05) is 0 Å². The zero-order chi connectivity index (χ0) is 45.3. The maximum absolute atomic E-state index is 6.78. The first-order valence-electron chi connectivity index (χ1n) is 23.8. The fourth-order valence-electron chi connectivity index (χ4n) is 12.9. The van der Waals surface area contributed by atoms with Gasteiger partial charge in [-0.1, -0.05) is 206 Å². The highest BCUT2D eigenvalue weighted by atomic mass is 16.5. The van der Waals surface area contributed by atoms with Gasteiger partial charge < -0.3 is 14.4 Å². The van der Waals surface area contributed by atoms with Gasteiger partial charge in [0.15, 0.2) is 0 Å². The van der Waals surface area contributed by atoms with Gasteiger partial charge in [0, 0.05) is 38.8 Å². The number of para-hydroxylation sites is 4. The molecule has 0 atom stereocenters. The summed E-state index contributed by atoms with van der Waals surface area (Å²) in [4.78, 5) is 2.59. The van der Waals surface area contributed by atoms with E-state index in [1.54, 1.807) is 0 Å². The van der Waals surface area contributed by atoms with Crippen LogP contribution in [0.15, 0.2) is 249 Å². The van der Waals surface area contributed by atoms with Gasteiger partial charge in [0.2, 0.25) is 0 Å². The number of hydrogen-bond acceptors (Lipinski definition) is 3. The molecule has 2 aliphatic heterocycles. The van der Waals surface area contributed by atoms with Gasteiger partial charge in [-0.3, -0.25) is 0 Å². The average Bonchev–Trinajstić information content (AvgIpc) is 3.88. The first kappa shape index (κ1) is 38.2. The Labute approximate surface area is 400 Å². The summed E-state index contributed by atoms with van der Waals surface area (Å²) >= 11 is 0. The van der Waals surface area contributed by atoms with Gasteiger partial charge in [0.1, 0.15) is 23.0 Å². The van der Waals surface area contributed by atoms with E-state index >= 15 is 0 Å². The summed E-state index contributed by atoms with van der Waals surface area (Å²) in [5, 5.41) is 2.36. The molecule has 3 nitrogen and oxygen atoms in total. The lowest BCUT2D eigenvalue weighted by Crippen LogP contribution is -2.32. The van der Waals surface area contributed by atoms with Crippen LogP contribution in [0, 0.1) is 0 Å². The topological polar surface area (TPSA) is 21.7 Å². The molecular formula is C66H41NO2. The predicted molar refractivity (Wildman–Crippen MR) is 279 cm³/mol. The highest BCUT2D eigenvalue weighted by Crippen LogP contribution is 2.67. The fourth-order valence-corrected chi connectivity index (χ4v) is 12.9. The van der Waals surface area contributed by atoms with E-state index in [2.05, 4.69) is 254 Å². The number of benzene rings is 11. The van der Waals surface area contributed by atoms with Crippen LogP contribution < -0.4 is 14.4 Å². The molecule has 2 heterocycles. The molecule has 0 saturated carbocycles. The Morgan fingerprint density at radius 3 is 1.10 bits per heavy atom. The summed E-state index contributed by atoms with van der Waals surface area (Å²) in [7, 11) is 0. The fraction of sp³-hybridized carbons (Fsp3) is 0.0303. The van der Waals surface area contributed by atoms with E-state index in [9.17, 15) is 0 Å². The predicted octanol–water partition coefficient (Wildman–Crippen LogP) is 16.9. The largest absolute Gasteiger partial charge is 0.457 e. The molecular weight excluding hydrogens is 839 g/mol. The highest BCUT2D eigenvalue weighted by molar-refractivity contribution is 6.10. The Kier molecular flexibility index (Phi) is 7.92. The van der Waals surface area contributed by atoms with Gasteiger partial charge in [-0.05, 0) is 92.4 Å².